The van der Waals surface area contributed by atoms with Gasteiger partial charge >= 0.3 is 5.97 Å². The van der Waals surface area contributed by atoms with E-state index in [1.54, 1.807) is 0 Å². The van der Waals surface area contributed by atoms with E-state index in [1.165, 1.54) is 12.7 Å². The number of carbonyl (C=O) groups is 1. The normalized spacial score (nSPS) is 12.2. The Morgan fingerprint density at radius 1 is 1.31 bits per heavy atom. The molecule has 1 aromatic rings. The molecule has 0 aliphatic rings. The van der Waals surface area contributed by atoms with Crippen molar-refractivity contribution in [1.29, 1.82) is 0 Å². The van der Waals surface area contributed by atoms with Gasteiger partial charge in [-0.25, -0.2) is 0 Å². The molecule has 1 unspecified atom stereocenters. The Morgan fingerprint density at radius 2 is 2.00 bits per heavy atom. The van der Waals surface area contributed by atoms with Gasteiger partial charge in [-0.05, 0) is 24.0 Å². The number of ether oxygens (including phenoxy) is 1. The van der Waals surface area contributed by atoms with Gasteiger partial charge < -0.3 is 4.74 Å². The lowest BCUT2D eigenvalue weighted by molar-refractivity contribution is -0.142. The average molecular weight is 220 g/mol. The van der Waals surface area contributed by atoms with Crippen LogP contribution in [0.5, 0.6) is 0 Å². The zero-order chi connectivity index (χ0) is 12.0. The number of rotatable bonds is 5. The predicted molar refractivity (Wildman–Crippen MR) is 65.5 cm³/mol. The smallest absolute Gasteiger partial charge is 0.313 e. The second kappa shape index (κ2) is 6.31. The number of carbonyl (C=O) groups excluding carboxylic acids is 1. The van der Waals surface area contributed by atoms with Gasteiger partial charge in [0, 0.05) is 0 Å². The summed E-state index contributed by atoms with van der Waals surface area (Å²) in [5.41, 5.74) is 2.39. The quantitative estimate of drug-likeness (QED) is 0.712. The van der Waals surface area contributed by atoms with Crippen LogP contribution in [0.3, 0.4) is 0 Å². The second-order valence-electron chi connectivity index (χ2n) is 3.93. The van der Waals surface area contributed by atoms with E-state index in [1.807, 2.05) is 25.1 Å². The standard InChI is InChI=1S/C14H20O2/c1-4-8-11-9-6-7-10-13(11)12(5-2)14(15)16-3/h6-7,9-10,12H,4-5,8H2,1-3H3. The Labute approximate surface area is 97.6 Å². The number of hydrogen-bond acceptors (Lipinski definition) is 2. The molecule has 0 amide bonds. The van der Waals surface area contributed by atoms with Crippen LogP contribution in [0.2, 0.25) is 0 Å². The van der Waals surface area contributed by atoms with Crippen LogP contribution in [0.4, 0.5) is 0 Å². The zero-order valence-electron chi connectivity index (χ0n) is 10.3. The van der Waals surface area contributed by atoms with Crippen molar-refractivity contribution in [3.8, 4) is 0 Å². The molecule has 88 valence electrons. The summed E-state index contributed by atoms with van der Waals surface area (Å²) in [5.74, 6) is -0.251. The van der Waals surface area contributed by atoms with Crippen LogP contribution in [0, 0.1) is 0 Å². The molecular formula is C14H20O2. The van der Waals surface area contributed by atoms with Crippen molar-refractivity contribution >= 4 is 5.97 Å². The number of benzene rings is 1. The van der Waals surface area contributed by atoms with Gasteiger partial charge in [0.15, 0.2) is 0 Å². The molecule has 16 heavy (non-hydrogen) atoms. The molecule has 0 aliphatic carbocycles. The first-order valence-electron chi connectivity index (χ1n) is 5.90. The molecule has 0 radical (unpaired) electrons. The number of hydrogen-bond donors (Lipinski definition) is 0. The van der Waals surface area contributed by atoms with Crippen LogP contribution in [0.25, 0.3) is 0 Å². The summed E-state index contributed by atoms with van der Waals surface area (Å²) in [6.45, 7) is 4.17. The topological polar surface area (TPSA) is 26.3 Å². The fourth-order valence-corrected chi connectivity index (χ4v) is 2.03. The molecule has 1 atom stereocenters. The fourth-order valence-electron chi connectivity index (χ4n) is 2.03. The minimum Gasteiger partial charge on any atom is -0.469 e. The maximum atomic E-state index is 11.7. The lowest BCUT2D eigenvalue weighted by Gasteiger charge is -2.16. The van der Waals surface area contributed by atoms with Crippen molar-refractivity contribution in [3.63, 3.8) is 0 Å². The van der Waals surface area contributed by atoms with E-state index >= 15 is 0 Å². The molecule has 2 nitrogen and oxygen atoms in total. The summed E-state index contributed by atoms with van der Waals surface area (Å²) in [5, 5.41) is 0. The molecule has 0 bridgehead atoms. The van der Waals surface area contributed by atoms with Gasteiger partial charge in [0.1, 0.15) is 0 Å². The summed E-state index contributed by atoms with van der Waals surface area (Å²) >= 11 is 0. The third-order valence-corrected chi connectivity index (χ3v) is 2.84. The third-order valence-electron chi connectivity index (χ3n) is 2.84. The average Bonchev–Trinajstić information content (AvgIpc) is 2.32. The highest BCUT2D eigenvalue weighted by Crippen LogP contribution is 2.25. The number of methoxy groups -OCH3 is 1. The summed E-state index contributed by atoms with van der Waals surface area (Å²) in [6.07, 6.45) is 2.89. The van der Waals surface area contributed by atoms with Gasteiger partial charge in [-0.1, -0.05) is 44.5 Å². The maximum Gasteiger partial charge on any atom is 0.313 e. The Bertz CT molecular complexity index is 344. The zero-order valence-corrected chi connectivity index (χ0v) is 10.3. The van der Waals surface area contributed by atoms with Gasteiger partial charge in [-0.3, -0.25) is 4.79 Å². The molecule has 0 spiro atoms. The molecule has 1 aromatic carbocycles. The summed E-state index contributed by atoms with van der Waals surface area (Å²) in [4.78, 5) is 11.7. The van der Waals surface area contributed by atoms with Crippen LogP contribution in [-0.4, -0.2) is 13.1 Å². The molecule has 2 heteroatoms. The third kappa shape index (κ3) is 2.84. The Hall–Kier alpha value is -1.31. The molecule has 0 saturated heterocycles. The predicted octanol–water partition coefficient (Wildman–Crippen LogP) is 3.31. The lowest BCUT2D eigenvalue weighted by atomic mass is 9.90. The van der Waals surface area contributed by atoms with Gasteiger partial charge in [0.25, 0.3) is 0 Å². The van der Waals surface area contributed by atoms with Gasteiger partial charge in [-0.2, -0.15) is 0 Å². The van der Waals surface area contributed by atoms with Gasteiger partial charge in [0.2, 0.25) is 0 Å². The second-order valence-corrected chi connectivity index (χ2v) is 3.93. The van der Waals surface area contributed by atoms with E-state index in [0.29, 0.717) is 0 Å². The van der Waals surface area contributed by atoms with Crippen LogP contribution >= 0.6 is 0 Å². The van der Waals surface area contributed by atoms with Crippen LogP contribution in [0.1, 0.15) is 43.7 Å². The SMILES string of the molecule is CCCc1ccccc1C(CC)C(=O)OC. The van der Waals surface area contributed by atoms with E-state index in [-0.39, 0.29) is 11.9 Å². The minimum atomic E-state index is -0.133. The largest absolute Gasteiger partial charge is 0.469 e. The molecule has 0 saturated carbocycles. The molecule has 0 fully saturated rings. The molecule has 0 aliphatic heterocycles. The van der Waals surface area contributed by atoms with Crippen molar-refractivity contribution in [1.82, 2.24) is 0 Å². The first kappa shape index (κ1) is 12.8. The van der Waals surface area contributed by atoms with Crippen molar-refractivity contribution in [3.05, 3.63) is 35.4 Å². The number of aryl methyl sites for hydroxylation is 1. The molecule has 0 heterocycles. The molecule has 0 N–H and O–H groups in total. The summed E-state index contributed by atoms with van der Waals surface area (Å²) in [7, 11) is 1.45. The molecule has 0 aromatic heterocycles. The van der Waals surface area contributed by atoms with Crippen LogP contribution in [0.15, 0.2) is 24.3 Å². The highest BCUT2D eigenvalue weighted by Gasteiger charge is 2.21. The lowest BCUT2D eigenvalue weighted by Crippen LogP contribution is -2.15. The summed E-state index contributed by atoms with van der Waals surface area (Å²) in [6, 6.07) is 8.15. The van der Waals surface area contributed by atoms with Crippen molar-refractivity contribution < 1.29 is 9.53 Å². The van der Waals surface area contributed by atoms with E-state index in [2.05, 4.69) is 13.0 Å². The van der Waals surface area contributed by atoms with Gasteiger partial charge in [0.05, 0.1) is 13.0 Å². The Kier molecular flexibility index (Phi) is 5.03. The summed E-state index contributed by atoms with van der Waals surface area (Å²) < 4.78 is 4.85. The molecular weight excluding hydrogens is 200 g/mol. The van der Waals surface area contributed by atoms with Gasteiger partial charge in [-0.15, -0.1) is 0 Å². The number of esters is 1. The van der Waals surface area contributed by atoms with Crippen LogP contribution in [-0.2, 0) is 16.0 Å². The first-order valence-corrected chi connectivity index (χ1v) is 5.90. The highest BCUT2D eigenvalue weighted by atomic mass is 16.5. The van der Waals surface area contributed by atoms with E-state index < -0.39 is 0 Å². The monoisotopic (exact) mass is 220 g/mol. The minimum absolute atomic E-state index is 0.118. The van der Waals surface area contributed by atoms with E-state index in [9.17, 15) is 4.79 Å². The van der Waals surface area contributed by atoms with Crippen molar-refractivity contribution in [2.75, 3.05) is 7.11 Å². The van der Waals surface area contributed by atoms with E-state index in [0.717, 1.165) is 24.8 Å². The van der Waals surface area contributed by atoms with Crippen LogP contribution < -0.4 is 0 Å². The van der Waals surface area contributed by atoms with E-state index in [4.69, 9.17) is 4.74 Å². The fraction of sp³-hybridized carbons (Fsp3) is 0.500. The van der Waals surface area contributed by atoms with Crippen molar-refractivity contribution in [2.45, 2.75) is 39.0 Å². The maximum absolute atomic E-state index is 11.7. The van der Waals surface area contributed by atoms with Crippen molar-refractivity contribution in [2.24, 2.45) is 0 Å². The first-order chi connectivity index (χ1) is 7.74. The Balaban J connectivity index is 3.03. The highest BCUT2D eigenvalue weighted by molar-refractivity contribution is 5.78. The Morgan fingerprint density at radius 3 is 2.56 bits per heavy atom. The molecule has 1 rings (SSSR count).